The molecule has 0 spiro atoms. The van der Waals surface area contributed by atoms with E-state index in [4.69, 9.17) is 21.8 Å². The highest BCUT2D eigenvalue weighted by Crippen LogP contribution is 2.28. The number of rotatable bonds is 4. The second-order valence-electron chi connectivity index (χ2n) is 3.51. The molecule has 0 heterocycles. The maximum Gasteiger partial charge on any atom is 0.311 e. The number of hydrogen-bond acceptors (Lipinski definition) is 2. The van der Waals surface area contributed by atoms with E-state index in [1.165, 1.54) is 0 Å². The molecule has 0 bridgehead atoms. The molecule has 1 aromatic carbocycles. The van der Waals surface area contributed by atoms with Gasteiger partial charge in [0.15, 0.2) is 0 Å². The molecule has 1 rings (SSSR count). The van der Waals surface area contributed by atoms with Crippen LogP contribution in [0.3, 0.4) is 0 Å². The predicted molar refractivity (Wildman–Crippen MR) is 58.8 cm³/mol. The van der Waals surface area contributed by atoms with Gasteiger partial charge in [0.1, 0.15) is 0 Å². The van der Waals surface area contributed by atoms with Crippen LogP contribution in [-0.4, -0.2) is 22.2 Å². The molecule has 0 aromatic heterocycles. The average Bonchev–Trinajstić information content (AvgIpc) is 2.14. The first-order valence-corrected chi connectivity index (χ1v) is 5.00. The zero-order chi connectivity index (χ0) is 12.3. The SMILES string of the molecule is Cc1ccc(C(CC(=O)O)C(=O)O)c(Cl)c1. The Morgan fingerprint density at radius 2 is 2.00 bits per heavy atom. The Bertz CT molecular complexity index is 428. The Balaban J connectivity index is 3.10. The number of aryl methyl sites for hydroxylation is 1. The van der Waals surface area contributed by atoms with E-state index in [1.807, 2.05) is 6.92 Å². The summed E-state index contributed by atoms with van der Waals surface area (Å²) >= 11 is 5.90. The molecule has 1 atom stereocenters. The van der Waals surface area contributed by atoms with Crippen LogP contribution in [0.15, 0.2) is 18.2 Å². The van der Waals surface area contributed by atoms with Crippen molar-refractivity contribution in [3.05, 3.63) is 34.3 Å². The Labute approximate surface area is 97.5 Å². The van der Waals surface area contributed by atoms with Gasteiger partial charge in [0, 0.05) is 5.02 Å². The van der Waals surface area contributed by atoms with Crippen LogP contribution in [0.4, 0.5) is 0 Å². The first kappa shape index (κ1) is 12.5. The molecule has 0 saturated heterocycles. The lowest BCUT2D eigenvalue weighted by molar-refractivity contribution is -0.145. The molecule has 0 radical (unpaired) electrons. The molecule has 0 amide bonds. The van der Waals surface area contributed by atoms with Gasteiger partial charge in [-0.3, -0.25) is 9.59 Å². The molecule has 0 aliphatic carbocycles. The van der Waals surface area contributed by atoms with Crippen LogP contribution < -0.4 is 0 Å². The first-order chi connectivity index (χ1) is 7.41. The van der Waals surface area contributed by atoms with Gasteiger partial charge in [-0.15, -0.1) is 0 Å². The normalized spacial score (nSPS) is 12.1. The molecule has 1 aromatic rings. The maximum atomic E-state index is 11.0. The molecule has 0 aliphatic rings. The summed E-state index contributed by atoms with van der Waals surface area (Å²) in [5.74, 6) is -3.46. The van der Waals surface area contributed by atoms with E-state index in [9.17, 15) is 9.59 Å². The van der Waals surface area contributed by atoms with Crippen LogP contribution in [0.5, 0.6) is 0 Å². The van der Waals surface area contributed by atoms with Crippen molar-refractivity contribution in [2.24, 2.45) is 0 Å². The fraction of sp³-hybridized carbons (Fsp3) is 0.273. The van der Waals surface area contributed by atoms with Gasteiger partial charge in [0.25, 0.3) is 0 Å². The van der Waals surface area contributed by atoms with Crippen LogP contribution in [0.2, 0.25) is 5.02 Å². The van der Waals surface area contributed by atoms with E-state index in [2.05, 4.69) is 0 Å². The number of hydrogen-bond donors (Lipinski definition) is 2. The maximum absolute atomic E-state index is 11.0. The van der Waals surface area contributed by atoms with E-state index in [0.29, 0.717) is 5.56 Å². The van der Waals surface area contributed by atoms with Gasteiger partial charge >= 0.3 is 11.9 Å². The lowest BCUT2D eigenvalue weighted by atomic mass is 9.95. The van der Waals surface area contributed by atoms with Gasteiger partial charge in [-0.05, 0) is 24.1 Å². The standard InChI is InChI=1S/C11H11ClO4/c1-6-2-3-7(9(12)4-6)8(11(15)16)5-10(13)14/h2-4,8H,5H2,1H3,(H,13,14)(H,15,16). The smallest absolute Gasteiger partial charge is 0.311 e. The molecule has 86 valence electrons. The van der Waals surface area contributed by atoms with E-state index < -0.39 is 24.3 Å². The van der Waals surface area contributed by atoms with Gasteiger partial charge in [0.2, 0.25) is 0 Å². The number of benzene rings is 1. The topological polar surface area (TPSA) is 74.6 Å². The average molecular weight is 243 g/mol. The zero-order valence-corrected chi connectivity index (χ0v) is 9.36. The van der Waals surface area contributed by atoms with Crippen molar-refractivity contribution in [3.63, 3.8) is 0 Å². The van der Waals surface area contributed by atoms with Crippen LogP contribution >= 0.6 is 11.6 Å². The molecule has 0 saturated carbocycles. The Kier molecular flexibility index (Phi) is 3.90. The van der Waals surface area contributed by atoms with E-state index in [-0.39, 0.29) is 5.02 Å². The summed E-state index contributed by atoms with van der Waals surface area (Å²) in [6.07, 6.45) is -0.474. The second kappa shape index (κ2) is 4.99. The highest BCUT2D eigenvalue weighted by atomic mass is 35.5. The van der Waals surface area contributed by atoms with Crippen molar-refractivity contribution in [2.75, 3.05) is 0 Å². The summed E-state index contributed by atoms with van der Waals surface area (Å²) < 4.78 is 0. The van der Waals surface area contributed by atoms with Gasteiger partial charge in [0.05, 0.1) is 12.3 Å². The number of halogens is 1. The van der Waals surface area contributed by atoms with Crippen molar-refractivity contribution in [3.8, 4) is 0 Å². The lowest BCUT2D eigenvalue weighted by Crippen LogP contribution is -2.16. The van der Waals surface area contributed by atoms with E-state index in [0.717, 1.165) is 5.56 Å². The van der Waals surface area contributed by atoms with Crippen molar-refractivity contribution in [2.45, 2.75) is 19.3 Å². The highest BCUT2D eigenvalue weighted by molar-refractivity contribution is 6.31. The van der Waals surface area contributed by atoms with Crippen molar-refractivity contribution >= 4 is 23.5 Å². The fourth-order valence-electron chi connectivity index (χ4n) is 1.42. The van der Waals surface area contributed by atoms with Crippen LogP contribution in [0.1, 0.15) is 23.5 Å². The minimum absolute atomic E-state index is 0.286. The molecule has 4 nitrogen and oxygen atoms in total. The minimum atomic E-state index is -1.19. The minimum Gasteiger partial charge on any atom is -0.481 e. The third kappa shape index (κ3) is 2.97. The molecule has 2 N–H and O–H groups in total. The number of carboxylic acids is 2. The summed E-state index contributed by atoms with van der Waals surface area (Å²) in [5.41, 5.74) is 1.23. The van der Waals surface area contributed by atoms with Crippen LogP contribution in [0.25, 0.3) is 0 Å². The van der Waals surface area contributed by atoms with Gasteiger partial charge < -0.3 is 10.2 Å². The Morgan fingerprint density at radius 3 is 2.44 bits per heavy atom. The van der Waals surface area contributed by atoms with Crippen molar-refractivity contribution in [1.82, 2.24) is 0 Å². The molecule has 16 heavy (non-hydrogen) atoms. The fourth-order valence-corrected chi connectivity index (χ4v) is 1.79. The lowest BCUT2D eigenvalue weighted by Gasteiger charge is -2.12. The van der Waals surface area contributed by atoms with E-state index >= 15 is 0 Å². The number of carbonyl (C=O) groups is 2. The van der Waals surface area contributed by atoms with Gasteiger partial charge in [-0.1, -0.05) is 23.7 Å². The summed E-state index contributed by atoms with van der Waals surface area (Å²) in [5, 5.41) is 17.9. The third-order valence-electron chi connectivity index (χ3n) is 2.21. The van der Waals surface area contributed by atoms with E-state index in [1.54, 1.807) is 18.2 Å². The number of carboxylic acid groups (broad SMARTS) is 2. The predicted octanol–water partition coefficient (Wildman–Crippen LogP) is 2.29. The van der Waals surface area contributed by atoms with Gasteiger partial charge in [-0.25, -0.2) is 0 Å². The molecular weight excluding hydrogens is 232 g/mol. The summed E-state index contributed by atoms with van der Waals surface area (Å²) in [4.78, 5) is 21.5. The second-order valence-corrected chi connectivity index (χ2v) is 3.92. The largest absolute Gasteiger partial charge is 0.481 e. The summed E-state index contributed by atoms with van der Waals surface area (Å²) in [6, 6.07) is 4.88. The van der Waals surface area contributed by atoms with Crippen LogP contribution in [0, 0.1) is 6.92 Å². The van der Waals surface area contributed by atoms with Gasteiger partial charge in [-0.2, -0.15) is 0 Å². The number of aliphatic carboxylic acids is 2. The molecule has 5 heteroatoms. The molecular formula is C11H11ClO4. The zero-order valence-electron chi connectivity index (χ0n) is 8.61. The first-order valence-electron chi connectivity index (χ1n) is 4.62. The Hall–Kier alpha value is -1.55. The molecule has 1 unspecified atom stereocenters. The summed E-state index contributed by atoms with van der Waals surface area (Å²) in [7, 11) is 0. The van der Waals surface area contributed by atoms with Crippen LogP contribution in [-0.2, 0) is 9.59 Å². The quantitative estimate of drug-likeness (QED) is 0.850. The third-order valence-corrected chi connectivity index (χ3v) is 2.54. The summed E-state index contributed by atoms with van der Waals surface area (Å²) in [6.45, 7) is 1.82. The van der Waals surface area contributed by atoms with Crippen molar-refractivity contribution < 1.29 is 19.8 Å². The molecule has 0 aliphatic heterocycles. The Morgan fingerprint density at radius 1 is 1.38 bits per heavy atom. The monoisotopic (exact) mass is 242 g/mol. The molecule has 0 fully saturated rings. The highest BCUT2D eigenvalue weighted by Gasteiger charge is 2.25. The van der Waals surface area contributed by atoms with Crippen molar-refractivity contribution in [1.29, 1.82) is 0 Å².